The van der Waals surface area contributed by atoms with E-state index in [0.29, 0.717) is 17.0 Å². The Labute approximate surface area is 158 Å². The van der Waals surface area contributed by atoms with E-state index in [9.17, 15) is 9.59 Å². The summed E-state index contributed by atoms with van der Waals surface area (Å²) in [5, 5.41) is 0. The molecule has 27 heavy (non-hydrogen) atoms. The molecule has 2 heterocycles. The van der Waals surface area contributed by atoms with Gasteiger partial charge in [0.1, 0.15) is 5.76 Å². The Hall–Kier alpha value is -3.08. The summed E-state index contributed by atoms with van der Waals surface area (Å²) in [5.74, 6) is 0.523. The quantitative estimate of drug-likeness (QED) is 0.796. The number of carbonyl (C=O) groups is 2. The van der Waals surface area contributed by atoms with Gasteiger partial charge < -0.3 is 9.64 Å². The van der Waals surface area contributed by atoms with Crippen LogP contribution in [0.15, 0.2) is 48.5 Å². The molecule has 0 bridgehead atoms. The van der Waals surface area contributed by atoms with Crippen LogP contribution in [0.2, 0.25) is 0 Å². The highest BCUT2D eigenvalue weighted by molar-refractivity contribution is 6.04. The molecule has 0 radical (unpaired) electrons. The van der Waals surface area contributed by atoms with Gasteiger partial charge in [-0.05, 0) is 49.1 Å². The van der Waals surface area contributed by atoms with E-state index in [1.807, 2.05) is 53.4 Å². The number of ether oxygens (including phenoxy) is 1. The van der Waals surface area contributed by atoms with Gasteiger partial charge in [-0.15, -0.1) is 0 Å². The van der Waals surface area contributed by atoms with Gasteiger partial charge in [-0.2, -0.15) is 0 Å². The van der Waals surface area contributed by atoms with Crippen molar-refractivity contribution < 1.29 is 14.3 Å². The van der Waals surface area contributed by atoms with Gasteiger partial charge in [-0.3, -0.25) is 9.69 Å². The highest BCUT2D eigenvalue weighted by Crippen LogP contribution is 2.35. The van der Waals surface area contributed by atoms with Crippen LogP contribution in [0.1, 0.15) is 40.7 Å². The maximum Gasteiger partial charge on any atom is 0.419 e. The normalized spacial score (nSPS) is 18.3. The summed E-state index contributed by atoms with van der Waals surface area (Å²) in [5.41, 5.74) is 3.05. The number of carbonyl (C=O) groups excluding carboxylic acids is 2. The van der Waals surface area contributed by atoms with Crippen molar-refractivity contribution in [2.75, 3.05) is 25.0 Å². The fourth-order valence-corrected chi connectivity index (χ4v) is 3.55. The Morgan fingerprint density at radius 1 is 1.04 bits per heavy atom. The van der Waals surface area contributed by atoms with E-state index in [1.54, 1.807) is 13.1 Å². The van der Waals surface area contributed by atoms with Gasteiger partial charge in [-0.25, -0.2) is 4.79 Å². The minimum Gasteiger partial charge on any atom is -0.409 e. The Kier molecular flexibility index (Phi) is 4.67. The molecule has 2 aromatic rings. The molecule has 2 aliphatic heterocycles. The molecule has 0 aromatic heterocycles. The Bertz CT molecular complexity index is 899. The van der Waals surface area contributed by atoms with E-state index in [2.05, 4.69) is 0 Å². The standard InChI is InChI=1S/C22H22N2O3/c1-23-19-15-17(21(25)24-12-6-3-7-13-24)10-11-18(19)20(27-22(23)26)14-16-8-4-2-5-9-16/h2,4-5,8-11,14-15H,3,6-7,12-13H2,1H3/b20-14-. The molecule has 4 rings (SSSR count). The fourth-order valence-electron chi connectivity index (χ4n) is 3.55. The second-order valence-electron chi connectivity index (χ2n) is 6.93. The lowest BCUT2D eigenvalue weighted by atomic mass is 10.0. The largest absolute Gasteiger partial charge is 0.419 e. The first-order valence-corrected chi connectivity index (χ1v) is 9.29. The van der Waals surface area contributed by atoms with E-state index in [-0.39, 0.29) is 5.91 Å². The second-order valence-corrected chi connectivity index (χ2v) is 6.93. The van der Waals surface area contributed by atoms with Crippen LogP contribution in [0.4, 0.5) is 10.5 Å². The number of hydrogen-bond donors (Lipinski definition) is 0. The van der Waals surface area contributed by atoms with Crippen LogP contribution in [0.5, 0.6) is 0 Å². The lowest BCUT2D eigenvalue weighted by Gasteiger charge is -2.29. The first kappa shape index (κ1) is 17.3. The number of cyclic esters (lactones) is 1. The van der Waals surface area contributed by atoms with E-state index >= 15 is 0 Å². The van der Waals surface area contributed by atoms with E-state index < -0.39 is 6.09 Å². The number of anilines is 1. The molecule has 2 aromatic carbocycles. The number of likely N-dealkylation sites (tertiary alicyclic amines) is 1. The molecule has 0 unspecified atom stereocenters. The van der Waals surface area contributed by atoms with Crippen LogP contribution in [-0.4, -0.2) is 37.0 Å². The highest BCUT2D eigenvalue weighted by atomic mass is 16.6. The van der Waals surface area contributed by atoms with Gasteiger partial charge in [0.25, 0.3) is 5.91 Å². The van der Waals surface area contributed by atoms with Crippen molar-refractivity contribution in [1.29, 1.82) is 0 Å². The fraction of sp³-hybridized carbons (Fsp3) is 0.273. The molecular weight excluding hydrogens is 340 g/mol. The Balaban J connectivity index is 1.71. The maximum absolute atomic E-state index is 12.8. The third-order valence-corrected chi connectivity index (χ3v) is 5.08. The van der Waals surface area contributed by atoms with Crippen LogP contribution in [-0.2, 0) is 4.74 Å². The first-order chi connectivity index (χ1) is 13.1. The van der Waals surface area contributed by atoms with Gasteiger partial charge >= 0.3 is 6.09 Å². The third kappa shape index (κ3) is 3.45. The molecule has 5 nitrogen and oxygen atoms in total. The number of hydrogen-bond acceptors (Lipinski definition) is 3. The number of piperidine rings is 1. The van der Waals surface area contributed by atoms with Crippen LogP contribution in [0.25, 0.3) is 11.8 Å². The van der Waals surface area contributed by atoms with Crippen LogP contribution in [0.3, 0.4) is 0 Å². The van der Waals surface area contributed by atoms with E-state index in [4.69, 9.17) is 4.74 Å². The van der Waals surface area contributed by atoms with E-state index in [0.717, 1.165) is 37.1 Å². The lowest BCUT2D eigenvalue weighted by molar-refractivity contribution is 0.0724. The number of benzene rings is 2. The van der Waals surface area contributed by atoms with Crippen molar-refractivity contribution in [1.82, 2.24) is 4.90 Å². The summed E-state index contributed by atoms with van der Waals surface area (Å²) in [6, 6.07) is 15.2. The van der Waals surface area contributed by atoms with Crippen molar-refractivity contribution in [3.8, 4) is 0 Å². The number of amides is 2. The average Bonchev–Trinajstić information content (AvgIpc) is 2.72. The monoisotopic (exact) mass is 362 g/mol. The SMILES string of the molecule is CN1C(=O)O/C(=C\c2ccccc2)c2ccc(C(=O)N3CCCCC3)cc21. The van der Waals surface area contributed by atoms with Crippen molar-refractivity contribution in [3.05, 3.63) is 65.2 Å². The molecule has 0 atom stereocenters. The van der Waals surface area contributed by atoms with Crippen molar-refractivity contribution >= 4 is 29.5 Å². The summed E-state index contributed by atoms with van der Waals surface area (Å²) in [7, 11) is 1.66. The molecule has 0 spiro atoms. The topological polar surface area (TPSA) is 49.9 Å². The minimum absolute atomic E-state index is 0.0263. The summed E-state index contributed by atoms with van der Waals surface area (Å²) < 4.78 is 5.50. The summed E-state index contributed by atoms with van der Waals surface area (Å²) >= 11 is 0. The molecule has 0 aliphatic carbocycles. The van der Waals surface area contributed by atoms with Gasteiger partial charge in [0.05, 0.1) is 5.69 Å². The van der Waals surface area contributed by atoms with Gasteiger partial charge in [0, 0.05) is 31.3 Å². The maximum atomic E-state index is 12.8. The average molecular weight is 362 g/mol. The molecule has 0 saturated carbocycles. The molecule has 1 saturated heterocycles. The molecule has 5 heteroatoms. The minimum atomic E-state index is -0.452. The molecule has 2 aliphatic rings. The highest BCUT2D eigenvalue weighted by Gasteiger charge is 2.28. The predicted octanol–water partition coefficient (Wildman–Crippen LogP) is 4.40. The number of rotatable bonds is 2. The summed E-state index contributed by atoms with van der Waals surface area (Å²) in [6.07, 6.45) is 4.67. The number of nitrogens with zero attached hydrogens (tertiary/aromatic N) is 2. The van der Waals surface area contributed by atoms with Gasteiger partial charge in [0.15, 0.2) is 0 Å². The smallest absolute Gasteiger partial charge is 0.409 e. The van der Waals surface area contributed by atoms with Gasteiger partial charge in [0.2, 0.25) is 0 Å². The van der Waals surface area contributed by atoms with Gasteiger partial charge in [-0.1, -0.05) is 30.3 Å². The first-order valence-electron chi connectivity index (χ1n) is 9.29. The zero-order valence-electron chi connectivity index (χ0n) is 15.4. The van der Waals surface area contributed by atoms with Crippen LogP contribution in [0, 0.1) is 0 Å². The predicted molar refractivity (Wildman–Crippen MR) is 105 cm³/mol. The molecule has 138 valence electrons. The van der Waals surface area contributed by atoms with Crippen molar-refractivity contribution in [3.63, 3.8) is 0 Å². The van der Waals surface area contributed by atoms with Crippen LogP contribution < -0.4 is 4.90 Å². The summed E-state index contributed by atoms with van der Waals surface area (Å²) in [6.45, 7) is 1.60. The molecular formula is C22H22N2O3. The Morgan fingerprint density at radius 3 is 2.52 bits per heavy atom. The van der Waals surface area contributed by atoms with Crippen molar-refractivity contribution in [2.24, 2.45) is 0 Å². The second kappa shape index (κ2) is 7.27. The molecule has 0 N–H and O–H groups in total. The Morgan fingerprint density at radius 2 is 1.78 bits per heavy atom. The lowest BCUT2D eigenvalue weighted by Crippen LogP contribution is -2.36. The zero-order valence-corrected chi connectivity index (χ0v) is 15.4. The summed E-state index contributed by atoms with van der Waals surface area (Å²) in [4.78, 5) is 28.5. The van der Waals surface area contributed by atoms with E-state index in [1.165, 1.54) is 11.3 Å². The molecule has 2 amide bonds. The number of fused-ring (bicyclic) bond motifs is 1. The molecule has 1 fully saturated rings. The van der Waals surface area contributed by atoms with Crippen LogP contribution >= 0.6 is 0 Å². The zero-order chi connectivity index (χ0) is 18.8. The van der Waals surface area contributed by atoms with Crippen molar-refractivity contribution in [2.45, 2.75) is 19.3 Å². The third-order valence-electron chi connectivity index (χ3n) is 5.08.